The molecule has 7 nitrogen and oxygen atoms in total. The molecular formula is C19H16N2O5. The van der Waals surface area contributed by atoms with Gasteiger partial charge in [0.15, 0.2) is 5.88 Å². The van der Waals surface area contributed by atoms with Gasteiger partial charge < -0.3 is 19.9 Å². The molecule has 3 rings (SSSR count). The van der Waals surface area contributed by atoms with E-state index in [1.54, 1.807) is 37.3 Å². The highest BCUT2D eigenvalue weighted by Crippen LogP contribution is 2.30. The van der Waals surface area contributed by atoms with Crippen molar-refractivity contribution in [2.75, 3.05) is 7.11 Å². The summed E-state index contributed by atoms with van der Waals surface area (Å²) in [6.07, 6.45) is 0. The third kappa shape index (κ3) is 3.14. The number of esters is 1. The molecular weight excluding hydrogens is 336 g/mol. The molecule has 0 amide bonds. The predicted octanol–water partition coefficient (Wildman–Crippen LogP) is 3.50. The number of aliphatic imine (C=N–C) groups is 1. The van der Waals surface area contributed by atoms with Gasteiger partial charge in [0.1, 0.15) is 0 Å². The molecule has 0 fully saturated rings. The van der Waals surface area contributed by atoms with Crippen LogP contribution in [0.25, 0.3) is 10.9 Å². The molecule has 3 N–H and O–H groups in total. The molecule has 0 aliphatic heterocycles. The van der Waals surface area contributed by atoms with Crippen LogP contribution in [0.5, 0.6) is 5.88 Å². The van der Waals surface area contributed by atoms with Gasteiger partial charge in [-0.2, -0.15) is 0 Å². The van der Waals surface area contributed by atoms with Crippen molar-refractivity contribution in [1.82, 2.24) is 4.98 Å². The molecule has 0 spiro atoms. The summed E-state index contributed by atoms with van der Waals surface area (Å²) in [5, 5.41) is 19.9. The van der Waals surface area contributed by atoms with Gasteiger partial charge in [0.05, 0.1) is 35.2 Å². The quantitative estimate of drug-likeness (QED) is 0.491. The Kier molecular flexibility index (Phi) is 4.45. The van der Waals surface area contributed by atoms with Crippen LogP contribution in [0, 0.1) is 0 Å². The second-order valence-electron chi connectivity index (χ2n) is 5.65. The predicted molar refractivity (Wildman–Crippen MR) is 96.6 cm³/mol. The molecule has 0 radical (unpaired) electrons. The fourth-order valence-electron chi connectivity index (χ4n) is 2.72. The van der Waals surface area contributed by atoms with Gasteiger partial charge in [-0.05, 0) is 43.3 Å². The Morgan fingerprint density at radius 3 is 2.35 bits per heavy atom. The Morgan fingerprint density at radius 2 is 1.73 bits per heavy atom. The van der Waals surface area contributed by atoms with Crippen molar-refractivity contribution >= 4 is 34.2 Å². The van der Waals surface area contributed by atoms with Gasteiger partial charge in [-0.15, -0.1) is 0 Å². The maximum atomic E-state index is 11.6. The minimum absolute atomic E-state index is 0.0644. The number of nitrogens with zero attached hydrogens (tertiary/aromatic N) is 1. The van der Waals surface area contributed by atoms with Crippen LogP contribution >= 0.6 is 0 Å². The van der Waals surface area contributed by atoms with Crippen molar-refractivity contribution in [2.45, 2.75) is 6.92 Å². The molecule has 1 heterocycles. The number of hydrogen-bond acceptors (Lipinski definition) is 5. The first-order chi connectivity index (χ1) is 12.4. The maximum absolute atomic E-state index is 11.6. The number of carbonyl (C=O) groups excluding carboxylic acids is 1. The summed E-state index contributed by atoms with van der Waals surface area (Å²) in [5.41, 5.74) is 2.74. The van der Waals surface area contributed by atoms with Crippen LogP contribution in [0.3, 0.4) is 0 Å². The number of carboxylic acid groups (broad SMARTS) is 1. The van der Waals surface area contributed by atoms with Gasteiger partial charge in [-0.25, -0.2) is 9.59 Å². The monoisotopic (exact) mass is 352 g/mol. The molecule has 0 unspecified atom stereocenters. The number of methoxy groups -OCH3 is 1. The van der Waals surface area contributed by atoms with Gasteiger partial charge in [-0.3, -0.25) is 4.99 Å². The molecule has 0 aliphatic carbocycles. The molecule has 7 heteroatoms. The Labute approximate surface area is 148 Å². The van der Waals surface area contributed by atoms with Crippen LogP contribution in [-0.2, 0) is 4.74 Å². The zero-order valence-electron chi connectivity index (χ0n) is 14.1. The Hall–Kier alpha value is -3.61. The number of fused-ring (bicyclic) bond motifs is 1. The van der Waals surface area contributed by atoms with Crippen LogP contribution in [0.4, 0.5) is 5.69 Å². The summed E-state index contributed by atoms with van der Waals surface area (Å²) < 4.78 is 4.69. The number of carboxylic acids is 1. The van der Waals surface area contributed by atoms with E-state index < -0.39 is 11.9 Å². The van der Waals surface area contributed by atoms with Crippen LogP contribution in [0.1, 0.15) is 33.2 Å². The summed E-state index contributed by atoms with van der Waals surface area (Å²) in [6.45, 7) is 1.74. The molecule has 0 saturated heterocycles. The summed E-state index contributed by atoms with van der Waals surface area (Å²) in [7, 11) is 1.30. The topological polar surface area (TPSA) is 112 Å². The molecule has 1 aromatic heterocycles. The Balaban J connectivity index is 2.02. The molecule has 3 aromatic rings. The lowest BCUT2D eigenvalue weighted by molar-refractivity contribution is 0.0600. The lowest BCUT2D eigenvalue weighted by Gasteiger charge is -2.03. The smallest absolute Gasteiger partial charge is 0.337 e. The van der Waals surface area contributed by atoms with E-state index in [2.05, 4.69) is 9.98 Å². The second-order valence-corrected chi connectivity index (χ2v) is 5.65. The number of hydrogen-bond donors (Lipinski definition) is 3. The maximum Gasteiger partial charge on any atom is 0.337 e. The van der Waals surface area contributed by atoms with Crippen LogP contribution in [0.15, 0.2) is 47.5 Å². The first-order valence-electron chi connectivity index (χ1n) is 7.72. The third-order valence-corrected chi connectivity index (χ3v) is 3.97. The highest BCUT2D eigenvalue weighted by molar-refractivity contribution is 6.13. The number of aromatic amines is 1. The molecule has 0 saturated carbocycles. The lowest BCUT2D eigenvalue weighted by atomic mass is 10.1. The van der Waals surface area contributed by atoms with E-state index in [4.69, 9.17) is 9.84 Å². The van der Waals surface area contributed by atoms with Crippen molar-refractivity contribution in [3.8, 4) is 5.88 Å². The van der Waals surface area contributed by atoms with Gasteiger partial charge >= 0.3 is 11.9 Å². The number of nitrogens with one attached hydrogen (secondary N) is 1. The number of carbonyl (C=O) groups is 2. The number of rotatable bonds is 4. The minimum atomic E-state index is -1.01. The Bertz CT molecular complexity index is 1030. The summed E-state index contributed by atoms with van der Waals surface area (Å²) in [6, 6.07) is 11.0. The zero-order valence-corrected chi connectivity index (χ0v) is 14.1. The zero-order chi connectivity index (χ0) is 18.8. The number of aromatic nitrogens is 1. The van der Waals surface area contributed by atoms with Gasteiger partial charge in [0, 0.05) is 10.9 Å². The summed E-state index contributed by atoms with van der Waals surface area (Å²) in [5.74, 6) is -1.54. The first-order valence-corrected chi connectivity index (χ1v) is 7.72. The number of H-pyrrole nitrogens is 1. The number of benzene rings is 2. The van der Waals surface area contributed by atoms with Crippen molar-refractivity contribution < 1.29 is 24.5 Å². The molecule has 0 aliphatic rings. The number of aromatic hydroxyl groups is 1. The lowest BCUT2D eigenvalue weighted by Crippen LogP contribution is -2.00. The van der Waals surface area contributed by atoms with Crippen LogP contribution in [-0.4, -0.2) is 40.0 Å². The van der Waals surface area contributed by atoms with Crippen LogP contribution < -0.4 is 0 Å². The second kappa shape index (κ2) is 6.72. The molecule has 0 atom stereocenters. The number of aromatic carboxylic acids is 1. The van der Waals surface area contributed by atoms with E-state index in [9.17, 15) is 14.7 Å². The highest BCUT2D eigenvalue weighted by Gasteiger charge is 2.16. The highest BCUT2D eigenvalue weighted by atomic mass is 16.5. The van der Waals surface area contributed by atoms with Gasteiger partial charge in [0.25, 0.3) is 0 Å². The van der Waals surface area contributed by atoms with E-state index in [-0.39, 0.29) is 11.4 Å². The standard InChI is InChI=1S/C19H16N2O5/c1-10(20-13-6-3-11(4-7-13)18(23)24)16-14-8-5-12(19(25)26-2)9-15(14)21-17(16)22/h3-9,21-22H,1-2H3,(H,23,24). The Morgan fingerprint density at radius 1 is 1.08 bits per heavy atom. The van der Waals surface area contributed by atoms with E-state index >= 15 is 0 Å². The van der Waals surface area contributed by atoms with Gasteiger partial charge in [-0.1, -0.05) is 6.07 Å². The normalized spacial score (nSPS) is 11.5. The van der Waals surface area contributed by atoms with Crippen molar-refractivity contribution in [3.63, 3.8) is 0 Å². The molecule has 132 valence electrons. The third-order valence-electron chi connectivity index (χ3n) is 3.97. The van der Waals surface area contributed by atoms with Crippen LogP contribution in [0.2, 0.25) is 0 Å². The van der Waals surface area contributed by atoms with E-state index in [0.29, 0.717) is 33.4 Å². The SMILES string of the molecule is COC(=O)c1ccc2c(C(C)=Nc3ccc(C(=O)O)cc3)c(O)[nH]c2c1. The largest absolute Gasteiger partial charge is 0.494 e. The van der Waals surface area contributed by atoms with E-state index in [1.165, 1.54) is 19.2 Å². The average Bonchev–Trinajstić information content (AvgIpc) is 2.96. The summed E-state index contributed by atoms with van der Waals surface area (Å²) in [4.78, 5) is 29.8. The van der Waals surface area contributed by atoms with Gasteiger partial charge in [0.2, 0.25) is 0 Å². The van der Waals surface area contributed by atoms with E-state index in [0.717, 1.165) is 0 Å². The number of ether oxygens (including phenoxy) is 1. The molecule has 2 aromatic carbocycles. The summed E-state index contributed by atoms with van der Waals surface area (Å²) >= 11 is 0. The van der Waals surface area contributed by atoms with Crippen molar-refractivity contribution in [1.29, 1.82) is 0 Å². The van der Waals surface area contributed by atoms with Crippen molar-refractivity contribution in [2.24, 2.45) is 4.99 Å². The fraction of sp³-hybridized carbons (Fsp3) is 0.105. The first kappa shape index (κ1) is 17.2. The molecule has 0 bridgehead atoms. The fourth-order valence-corrected chi connectivity index (χ4v) is 2.72. The average molecular weight is 352 g/mol. The van der Waals surface area contributed by atoms with E-state index in [1.807, 2.05) is 0 Å². The molecule has 26 heavy (non-hydrogen) atoms. The minimum Gasteiger partial charge on any atom is -0.494 e. The van der Waals surface area contributed by atoms with Crippen molar-refractivity contribution in [3.05, 3.63) is 59.2 Å².